The fourth-order valence-electron chi connectivity index (χ4n) is 1.54. The number of hydrogen-bond donors (Lipinski definition) is 0. The molecule has 90 valence electrons. The highest BCUT2D eigenvalue weighted by molar-refractivity contribution is 6.29. The molecule has 5 nitrogen and oxygen atoms in total. The molecule has 1 aromatic rings. The molecule has 1 unspecified atom stereocenters. The van der Waals surface area contributed by atoms with Gasteiger partial charge in [0.1, 0.15) is 5.15 Å². The van der Waals surface area contributed by atoms with Gasteiger partial charge >= 0.3 is 0 Å². The third-order valence-corrected chi connectivity index (χ3v) is 2.59. The highest BCUT2D eigenvalue weighted by Gasteiger charge is 2.20. The Morgan fingerprint density at radius 2 is 2.41 bits per heavy atom. The summed E-state index contributed by atoms with van der Waals surface area (Å²) in [5.74, 6) is -1.000. The third kappa shape index (κ3) is 4.06. The maximum Gasteiger partial charge on any atom is 0.227 e. The van der Waals surface area contributed by atoms with E-state index in [1.807, 2.05) is 6.92 Å². The minimum Gasteiger partial charge on any atom is -0.292 e. The summed E-state index contributed by atoms with van der Waals surface area (Å²) in [6.45, 7) is 2.03. The second kappa shape index (κ2) is 6.89. The first-order valence-corrected chi connectivity index (χ1v) is 5.78. The van der Waals surface area contributed by atoms with E-state index in [1.165, 1.54) is 0 Å². The molecule has 17 heavy (non-hydrogen) atoms. The maximum absolute atomic E-state index is 11.7. The molecule has 0 aliphatic heterocycles. The summed E-state index contributed by atoms with van der Waals surface area (Å²) in [5, 5.41) is 3.47. The number of aromatic nitrogens is 1. The predicted octanol–water partition coefficient (Wildman–Crippen LogP) is 3.85. The zero-order valence-corrected chi connectivity index (χ0v) is 10.3. The second-order valence-electron chi connectivity index (χ2n) is 3.61. The second-order valence-corrected chi connectivity index (χ2v) is 3.99. The SMILES string of the molecule is CCCCC(C(=O)N=[N+]=[N-])c1cccc(Cl)n1. The smallest absolute Gasteiger partial charge is 0.227 e. The van der Waals surface area contributed by atoms with Crippen molar-refractivity contribution in [1.82, 2.24) is 4.98 Å². The van der Waals surface area contributed by atoms with E-state index in [0.717, 1.165) is 12.8 Å². The van der Waals surface area contributed by atoms with E-state index in [4.69, 9.17) is 17.1 Å². The minimum absolute atomic E-state index is 0.331. The third-order valence-electron chi connectivity index (χ3n) is 2.38. The number of azide groups is 1. The first-order chi connectivity index (χ1) is 8.19. The topological polar surface area (TPSA) is 78.7 Å². The molecule has 1 amide bonds. The van der Waals surface area contributed by atoms with E-state index in [0.29, 0.717) is 17.3 Å². The first-order valence-electron chi connectivity index (χ1n) is 5.40. The number of carbonyl (C=O) groups excluding carboxylic acids is 1. The number of hydrogen-bond acceptors (Lipinski definition) is 2. The van der Waals surface area contributed by atoms with Gasteiger partial charge in [0.05, 0.1) is 11.6 Å². The van der Waals surface area contributed by atoms with Crippen LogP contribution in [-0.2, 0) is 4.79 Å². The Labute approximate surface area is 104 Å². The molecule has 1 rings (SSSR count). The number of nitrogens with zero attached hydrogens (tertiary/aromatic N) is 4. The molecule has 0 radical (unpaired) electrons. The zero-order valence-electron chi connectivity index (χ0n) is 9.51. The summed E-state index contributed by atoms with van der Waals surface area (Å²) in [4.78, 5) is 18.3. The van der Waals surface area contributed by atoms with E-state index in [2.05, 4.69) is 15.0 Å². The van der Waals surface area contributed by atoms with Gasteiger partial charge in [0, 0.05) is 4.91 Å². The van der Waals surface area contributed by atoms with E-state index in [1.54, 1.807) is 18.2 Å². The van der Waals surface area contributed by atoms with Crippen LogP contribution >= 0.6 is 11.6 Å². The van der Waals surface area contributed by atoms with Crippen molar-refractivity contribution in [2.45, 2.75) is 32.1 Å². The molecule has 0 aliphatic carbocycles. The van der Waals surface area contributed by atoms with E-state index in [9.17, 15) is 4.79 Å². The van der Waals surface area contributed by atoms with Crippen molar-refractivity contribution in [2.75, 3.05) is 0 Å². The Hall–Kier alpha value is -1.58. The maximum atomic E-state index is 11.7. The summed E-state index contributed by atoms with van der Waals surface area (Å²) in [6, 6.07) is 5.09. The average Bonchev–Trinajstić information content (AvgIpc) is 2.30. The van der Waals surface area contributed by atoms with Gasteiger partial charge in [0.15, 0.2) is 0 Å². The normalized spacial score (nSPS) is 11.6. The number of unbranched alkanes of at least 4 members (excludes halogenated alkanes) is 1. The lowest BCUT2D eigenvalue weighted by Gasteiger charge is -2.12. The Balaban J connectivity index is 2.96. The van der Waals surface area contributed by atoms with Gasteiger partial charge in [0.25, 0.3) is 0 Å². The molecule has 0 aliphatic rings. The highest BCUT2D eigenvalue weighted by Crippen LogP contribution is 2.23. The summed E-state index contributed by atoms with van der Waals surface area (Å²) < 4.78 is 0. The summed E-state index contributed by atoms with van der Waals surface area (Å²) in [7, 11) is 0. The average molecular weight is 253 g/mol. The molecule has 0 saturated carbocycles. The molecule has 6 heteroatoms. The number of halogens is 1. The quantitative estimate of drug-likeness (QED) is 0.345. The van der Waals surface area contributed by atoms with Gasteiger partial charge in [-0.25, -0.2) is 4.98 Å². The van der Waals surface area contributed by atoms with Crippen molar-refractivity contribution < 1.29 is 4.79 Å². The highest BCUT2D eigenvalue weighted by atomic mass is 35.5. The molecule has 0 fully saturated rings. The van der Waals surface area contributed by atoms with Gasteiger partial charge in [-0.2, -0.15) is 0 Å². The molecule has 0 bridgehead atoms. The summed E-state index contributed by atoms with van der Waals surface area (Å²) >= 11 is 5.78. The first kappa shape index (κ1) is 13.5. The predicted molar refractivity (Wildman–Crippen MR) is 65.7 cm³/mol. The largest absolute Gasteiger partial charge is 0.292 e. The van der Waals surface area contributed by atoms with Crippen molar-refractivity contribution in [3.8, 4) is 0 Å². The Kier molecular flexibility index (Phi) is 5.46. The van der Waals surface area contributed by atoms with Crippen molar-refractivity contribution in [3.63, 3.8) is 0 Å². The monoisotopic (exact) mass is 252 g/mol. The fourth-order valence-corrected chi connectivity index (χ4v) is 1.71. The Morgan fingerprint density at radius 1 is 1.65 bits per heavy atom. The van der Waals surface area contributed by atoms with Crippen LogP contribution in [0.25, 0.3) is 10.4 Å². The fraction of sp³-hybridized carbons (Fsp3) is 0.455. The van der Waals surface area contributed by atoms with Crippen LogP contribution < -0.4 is 0 Å². The number of rotatable bonds is 5. The molecule has 0 spiro atoms. The Morgan fingerprint density at radius 3 is 3.00 bits per heavy atom. The van der Waals surface area contributed by atoms with Crippen molar-refractivity contribution >= 4 is 17.5 Å². The molecule has 0 N–H and O–H groups in total. The summed E-state index contributed by atoms with van der Waals surface area (Å²) in [5.41, 5.74) is 8.86. The molecule has 1 aromatic heterocycles. The van der Waals surface area contributed by atoms with Gasteiger partial charge in [-0.1, -0.05) is 37.4 Å². The van der Waals surface area contributed by atoms with Crippen LogP contribution in [0.4, 0.5) is 0 Å². The van der Waals surface area contributed by atoms with Gasteiger partial charge in [-0.15, -0.1) is 0 Å². The molecular formula is C11H13ClN4O. The van der Waals surface area contributed by atoms with Crippen molar-refractivity contribution in [3.05, 3.63) is 39.5 Å². The van der Waals surface area contributed by atoms with E-state index >= 15 is 0 Å². The zero-order chi connectivity index (χ0) is 12.7. The standard InChI is InChI=1S/C11H13ClN4O/c1-2-3-5-8(11(17)15-16-13)9-6-4-7-10(12)14-9/h4,6-8H,2-3,5H2,1H3. The van der Waals surface area contributed by atoms with Gasteiger partial charge in [0.2, 0.25) is 5.91 Å². The molecular weight excluding hydrogens is 240 g/mol. The number of carbonyl (C=O) groups is 1. The molecule has 1 heterocycles. The van der Waals surface area contributed by atoms with Crippen molar-refractivity contribution in [1.29, 1.82) is 0 Å². The van der Waals surface area contributed by atoms with E-state index in [-0.39, 0.29) is 0 Å². The summed E-state index contributed by atoms with van der Waals surface area (Å²) in [6.07, 6.45) is 2.44. The van der Waals surface area contributed by atoms with Crippen LogP contribution in [0.15, 0.2) is 23.3 Å². The Bertz CT molecular complexity index is 443. The van der Waals surface area contributed by atoms with Crippen LogP contribution in [-0.4, -0.2) is 10.9 Å². The van der Waals surface area contributed by atoms with Crippen LogP contribution in [0.3, 0.4) is 0 Å². The van der Waals surface area contributed by atoms with Crippen LogP contribution in [0.1, 0.15) is 37.8 Å². The number of amides is 1. The van der Waals surface area contributed by atoms with Gasteiger partial charge < -0.3 is 0 Å². The number of pyridine rings is 1. The lowest BCUT2D eigenvalue weighted by Crippen LogP contribution is -2.11. The van der Waals surface area contributed by atoms with Crippen molar-refractivity contribution in [2.24, 2.45) is 5.11 Å². The van der Waals surface area contributed by atoms with Gasteiger partial charge in [-0.3, -0.25) is 4.79 Å². The van der Waals surface area contributed by atoms with Crippen LogP contribution in [0.2, 0.25) is 5.15 Å². The van der Waals surface area contributed by atoms with Crippen LogP contribution in [0.5, 0.6) is 0 Å². The molecule has 0 saturated heterocycles. The van der Waals surface area contributed by atoms with Gasteiger partial charge in [-0.05, 0) is 29.2 Å². The lowest BCUT2D eigenvalue weighted by molar-refractivity contribution is -0.119. The molecule has 0 aromatic carbocycles. The van der Waals surface area contributed by atoms with Crippen LogP contribution in [0, 0.1) is 0 Å². The molecule has 1 atom stereocenters. The minimum atomic E-state index is -0.504. The lowest BCUT2D eigenvalue weighted by atomic mass is 9.97. The van der Waals surface area contributed by atoms with E-state index < -0.39 is 11.8 Å².